The maximum Gasteiger partial charge on any atom is 0.321 e. The Morgan fingerprint density at radius 1 is 1.00 bits per heavy atom. The average Bonchev–Trinajstić information content (AvgIpc) is 2.73. The molecule has 0 aromatic heterocycles. The van der Waals surface area contributed by atoms with E-state index in [1.807, 2.05) is 0 Å². The fourth-order valence-corrected chi connectivity index (χ4v) is 5.62. The molecule has 1 heterocycles. The molecule has 0 bridgehead atoms. The predicted octanol–water partition coefficient (Wildman–Crippen LogP) is 2.74. The second-order valence-electron chi connectivity index (χ2n) is 6.95. The third-order valence-corrected chi connectivity index (χ3v) is 7.40. The minimum absolute atomic E-state index is 0.0302. The Labute approximate surface area is 160 Å². The molecule has 140 valence electrons. The van der Waals surface area contributed by atoms with Crippen LogP contribution in [0.2, 0.25) is 0 Å². The number of benzene rings is 2. The minimum atomic E-state index is -3.69. The zero-order chi connectivity index (χ0) is 19.7. The van der Waals surface area contributed by atoms with Crippen molar-refractivity contribution in [2.75, 3.05) is 12.5 Å². The highest BCUT2D eigenvalue weighted by atomic mass is 79.9. The minimum Gasteiger partial charge on any atom is -0.424 e. The van der Waals surface area contributed by atoms with Crippen molar-refractivity contribution in [3.63, 3.8) is 0 Å². The first kappa shape index (κ1) is 19.3. The maximum absolute atomic E-state index is 12.3. The summed E-state index contributed by atoms with van der Waals surface area (Å²) in [6.45, 7) is 3.32. The highest BCUT2D eigenvalue weighted by Crippen LogP contribution is 2.48. The van der Waals surface area contributed by atoms with Gasteiger partial charge in [-0.3, -0.25) is 4.79 Å². The van der Waals surface area contributed by atoms with Gasteiger partial charge in [0.05, 0.1) is 10.3 Å². The van der Waals surface area contributed by atoms with Crippen molar-refractivity contribution in [2.24, 2.45) is 0 Å². The van der Waals surface area contributed by atoms with Crippen LogP contribution in [0, 0.1) is 0 Å². The van der Waals surface area contributed by atoms with Gasteiger partial charge in [-0.25, -0.2) is 16.8 Å². The molecule has 0 radical (unpaired) electrons. The number of hydrogen-bond donors (Lipinski definition) is 0. The Kier molecular flexibility index (Phi) is 4.29. The molecule has 2 aromatic carbocycles. The van der Waals surface area contributed by atoms with Crippen molar-refractivity contribution in [1.82, 2.24) is 0 Å². The second-order valence-corrected chi connectivity index (χ2v) is 11.5. The number of esters is 1. The van der Waals surface area contributed by atoms with E-state index in [9.17, 15) is 21.6 Å². The molecular weight excluding hydrogens is 444 g/mol. The van der Waals surface area contributed by atoms with E-state index in [0.29, 0.717) is 27.2 Å². The molecule has 0 unspecified atom stereocenters. The maximum atomic E-state index is 12.3. The van der Waals surface area contributed by atoms with Crippen LogP contribution in [0.15, 0.2) is 28.0 Å². The van der Waals surface area contributed by atoms with Crippen LogP contribution in [0.3, 0.4) is 0 Å². The van der Waals surface area contributed by atoms with E-state index in [4.69, 9.17) is 4.74 Å². The average molecular weight is 461 g/mol. The first-order chi connectivity index (χ1) is 11.8. The fourth-order valence-electron chi connectivity index (χ4n) is 3.20. The second kappa shape index (κ2) is 5.77. The quantitative estimate of drug-likeness (QED) is 0.397. The third kappa shape index (κ3) is 2.86. The number of ether oxygens (including phenoxy) is 1. The molecular formula is C17H17BrO6S2. The number of rotatable bonds is 3. The van der Waals surface area contributed by atoms with Gasteiger partial charge in [0, 0.05) is 23.4 Å². The highest BCUT2D eigenvalue weighted by molar-refractivity contribution is 9.08. The molecule has 26 heavy (non-hydrogen) atoms. The van der Waals surface area contributed by atoms with Crippen LogP contribution in [-0.4, -0.2) is 35.3 Å². The zero-order valence-electron chi connectivity index (χ0n) is 14.6. The van der Waals surface area contributed by atoms with Gasteiger partial charge in [-0.05, 0) is 48.4 Å². The van der Waals surface area contributed by atoms with Gasteiger partial charge < -0.3 is 4.74 Å². The number of fused-ring (bicyclic) bond motifs is 3. The molecule has 1 aliphatic heterocycles. The summed E-state index contributed by atoms with van der Waals surface area (Å²) >= 11 is 3.30. The molecule has 0 saturated carbocycles. The Hall–Kier alpha value is -1.45. The summed E-state index contributed by atoms with van der Waals surface area (Å²) in [7, 11) is -7.21. The molecule has 2 aromatic rings. The van der Waals surface area contributed by atoms with Crippen LogP contribution < -0.4 is 4.74 Å². The van der Waals surface area contributed by atoms with Crippen molar-refractivity contribution >= 4 is 52.3 Å². The van der Waals surface area contributed by atoms with Crippen molar-refractivity contribution in [1.29, 1.82) is 0 Å². The van der Waals surface area contributed by atoms with Crippen molar-refractivity contribution < 1.29 is 26.4 Å². The monoisotopic (exact) mass is 460 g/mol. The zero-order valence-corrected chi connectivity index (χ0v) is 17.8. The summed E-state index contributed by atoms with van der Waals surface area (Å²) in [5.74, 6) is -0.514. The molecule has 0 saturated heterocycles. The first-order valence-electron chi connectivity index (χ1n) is 7.61. The molecule has 6 nitrogen and oxygen atoms in total. The molecule has 0 amide bonds. The molecule has 9 heteroatoms. The van der Waals surface area contributed by atoms with Crippen LogP contribution in [0.1, 0.15) is 25.0 Å². The van der Waals surface area contributed by atoms with Crippen molar-refractivity contribution in [3.05, 3.63) is 29.3 Å². The number of carbonyl (C=O) groups is 1. The van der Waals surface area contributed by atoms with Gasteiger partial charge in [0.25, 0.3) is 0 Å². The van der Waals surface area contributed by atoms with Gasteiger partial charge in [0.1, 0.15) is 4.90 Å². The number of sulfone groups is 2. The van der Waals surface area contributed by atoms with E-state index < -0.39 is 31.1 Å². The number of carbonyl (C=O) groups excluding carboxylic acids is 1. The van der Waals surface area contributed by atoms with E-state index in [1.54, 1.807) is 19.9 Å². The first-order valence-corrected chi connectivity index (χ1v) is 12.5. The fraction of sp³-hybridized carbons (Fsp3) is 0.353. The molecule has 0 atom stereocenters. The Morgan fingerprint density at radius 2 is 1.54 bits per heavy atom. The largest absolute Gasteiger partial charge is 0.424 e. The number of halogens is 1. The molecule has 0 aliphatic carbocycles. The molecule has 0 N–H and O–H groups in total. The van der Waals surface area contributed by atoms with E-state index in [0.717, 1.165) is 12.5 Å². The van der Waals surface area contributed by atoms with E-state index in [1.165, 1.54) is 12.1 Å². The molecule has 3 rings (SSSR count). The van der Waals surface area contributed by atoms with Gasteiger partial charge >= 0.3 is 5.97 Å². The van der Waals surface area contributed by atoms with Gasteiger partial charge in [-0.2, -0.15) is 0 Å². The van der Waals surface area contributed by atoms with Gasteiger partial charge in [-0.15, -0.1) is 0 Å². The summed E-state index contributed by atoms with van der Waals surface area (Å²) < 4.78 is 54.1. The van der Waals surface area contributed by atoms with Crippen LogP contribution in [-0.2, 0) is 35.2 Å². The van der Waals surface area contributed by atoms with Crippen molar-refractivity contribution in [3.8, 4) is 5.75 Å². The lowest BCUT2D eigenvalue weighted by molar-refractivity contribution is -0.137. The number of hydrogen-bond acceptors (Lipinski definition) is 6. The third-order valence-electron chi connectivity index (χ3n) is 4.51. The summed E-state index contributed by atoms with van der Waals surface area (Å²) in [6.07, 6.45) is 2.12. The van der Waals surface area contributed by atoms with E-state index in [-0.39, 0.29) is 15.5 Å². The molecule has 1 aliphatic rings. The molecule has 0 fully saturated rings. The Bertz CT molecular complexity index is 1180. The number of alkyl halides is 1. The Balaban J connectivity index is 2.58. The lowest BCUT2D eigenvalue weighted by Crippen LogP contribution is -2.26. The highest BCUT2D eigenvalue weighted by Gasteiger charge is 2.45. The molecule has 0 spiro atoms. The normalized spacial score (nSPS) is 16.6. The van der Waals surface area contributed by atoms with E-state index in [2.05, 4.69) is 15.9 Å². The van der Waals surface area contributed by atoms with Gasteiger partial charge in [-0.1, -0.05) is 15.9 Å². The SMILES string of the molecule is CC1(C)C(=O)Oc2c(S(C)(=O)=O)cc3cc(S(C)(=O)=O)c(CBr)cc3c21. The summed E-state index contributed by atoms with van der Waals surface area (Å²) in [4.78, 5) is 12.3. The summed E-state index contributed by atoms with van der Waals surface area (Å²) in [5.41, 5.74) is -0.0584. The summed E-state index contributed by atoms with van der Waals surface area (Å²) in [5, 5.41) is 1.33. The Morgan fingerprint density at radius 3 is 2.04 bits per heavy atom. The van der Waals surface area contributed by atoms with Crippen LogP contribution >= 0.6 is 15.9 Å². The lowest BCUT2D eigenvalue weighted by atomic mass is 9.83. The lowest BCUT2D eigenvalue weighted by Gasteiger charge is -2.18. The predicted molar refractivity (Wildman–Crippen MR) is 101 cm³/mol. The van der Waals surface area contributed by atoms with Crippen LogP contribution in [0.25, 0.3) is 10.8 Å². The van der Waals surface area contributed by atoms with Crippen LogP contribution in [0.4, 0.5) is 0 Å². The van der Waals surface area contributed by atoms with Crippen LogP contribution in [0.5, 0.6) is 5.75 Å². The topological polar surface area (TPSA) is 94.6 Å². The van der Waals surface area contributed by atoms with E-state index >= 15 is 0 Å². The standard InChI is InChI=1S/C17H17BrO6S2/c1-17(2)14-11-5-10(8-18)12(25(3,20)21)6-9(11)7-13(26(4,22)23)15(14)24-16(17)19/h5-7H,8H2,1-4H3. The van der Waals surface area contributed by atoms with Crippen molar-refractivity contribution in [2.45, 2.75) is 34.4 Å². The van der Waals surface area contributed by atoms with Gasteiger partial charge in [0.2, 0.25) is 0 Å². The summed E-state index contributed by atoms with van der Waals surface area (Å²) in [6, 6.07) is 4.50. The van der Waals surface area contributed by atoms with Gasteiger partial charge in [0.15, 0.2) is 25.4 Å². The smallest absolute Gasteiger partial charge is 0.321 e.